The molecule has 0 saturated heterocycles. The van der Waals surface area contributed by atoms with Crippen LogP contribution in [0.25, 0.3) is 11.4 Å². The Bertz CT molecular complexity index is 814. The molecule has 7 heteroatoms. The number of benzene rings is 2. The molecule has 0 atom stereocenters. The Morgan fingerprint density at radius 2 is 1.95 bits per heavy atom. The summed E-state index contributed by atoms with van der Waals surface area (Å²) in [4.78, 5) is 12.2. The molecule has 0 fully saturated rings. The van der Waals surface area contributed by atoms with Crippen LogP contribution < -0.4 is 5.11 Å². The number of tetrazole rings is 1. The summed E-state index contributed by atoms with van der Waals surface area (Å²) < 4.78 is 0.989. The minimum Gasteiger partial charge on any atom is -0.545 e. The summed E-state index contributed by atoms with van der Waals surface area (Å²) in [5, 5.41) is 23.0. The van der Waals surface area contributed by atoms with Crippen LogP contribution in [0.4, 0.5) is 0 Å². The maximum atomic E-state index is 10.7. The molecule has 0 aliphatic carbocycles. The molecule has 1 aromatic heterocycles. The van der Waals surface area contributed by atoms with E-state index in [0.717, 1.165) is 10.0 Å². The maximum absolute atomic E-state index is 10.7. The smallest absolute Gasteiger partial charge is 0.204 e. The van der Waals surface area contributed by atoms with Gasteiger partial charge in [-0.1, -0.05) is 52.3 Å². The van der Waals surface area contributed by atoms with Crippen molar-refractivity contribution in [1.82, 2.24) is 20.2 Å². The highest BCUT2D eigenvalue weighted by molar-refractivity contribution is 9.10. The van der Waals surface area contributed by atoms with Crippen molar-refractivity contribution in [3.8, 4) is 11.4 Å². The summed E-state index contributed by atoms with van der Waals surface area (Å²) in [6.45, 7) is 0.504. The Kier molecular flexibility index (Phi) is 3.97. The molecule has 110 valence electrons. The number of aromatic carboxylic acids is 1. The van der Waals surface area contributed by atoms with Gasteiger partial charge in [-0.3, -0.25) is 0 Å². The molecule has 22 heavy (non-hydrogen) atoms. The Hall–Kier alpha value is -2.54. The number of carboxylic acids is 1. The van der Waals surface area contributed by atoms with Gasteiger partial charge in [0.25, 0.3) is 0 Å². The van der Waals surface area contributed by atoms with Gasteiger partial charge in [-0.05, 0) is 28.5 Å². The van der Waals surface area contributed by atoms with E-state index in [1.807, 2.05) is 24.3 Å². The number of carboxylic acid groups (broad SMARTS) is 1. The van der Waals surface area contributed by atoms with Crippen molar-refractivity contribution in [3.05, 3.63) is 64.1 Å². The average Bonchev–Trinajstić information content (AvgIpc) is 2.96. The molecule has 3 rings (SSSR count). The van der Waals surface area contributed by atoms with Crippen LogP contribution in [0, 0.1) is 0 Å². The van der Waals surface area contributed by atoms with Crippen LogP contribution in [-0.4, -0.2) is 26.2 Å². The van der Waals surface area contributed by atoms with E-state index in [4.69, 9.17) is 0 Å². The molecule has 0 aliphatic rings. The molecule has 0 unspecified atom stereocenters. The van der Waals surface area contributed by atoms with Crippen molar-refractivity contribution in [2.75, 3.05) is 0 Å². The number of carbonyl (C=O) groups is 1. The lowest BCUT2D eigenvalue weighted by molar-refractivity contribution is -0.255. The van der Waals surface area contributed by atoms with E-state index in [-0.39, 0.29) is 5.56 Å². The number of carbonyl (C=O) groups excluding carboxylic acids is 1. The van der Waals surface area contributed by atoms with Crippen molar-refractivity contribution >= 4 is 21.9 Å². The van der Waals surface area contributed by atoms with Crippen LogP contribution in [-0.2, 0) is 6.54 Å². The van der Waals surface area contributed by atoms with Crippen molar-refractivity contribution < 1.29 is 9.90 Å². The van der Waals surface area contributed by atoms with Crippen molar-refractivity contribution in [2.45, 2.75) is 6.54 Å². The van der Waals surface area contributed by atoms with Gasteiger partial charge < -0.3 is 9.90 Å². The van der Waals surface area contributed by atoms with Crippen LogP contribution in [0.2, 0.25) is 0 Å². The predicted molar refractivity (Wildman–Crippen MR) is 80.8 cm³/mol. The number of rotatable bonds is 4. The van der Waals surface area contributed by atoms with Gasteiger partial charge in [0.2, 0.25) is 5.82 Å². The lowest BCUT2D eigenvalue weighted by Gasteiger charge is -2.02. The van der Waals surface area contributed by atoms with Crippen molar-refractivity contribution in [3.63, 3.8) is 0 Å². The van der Waals surface area contributed by atoms with Crippen LogP contribution in [0.3, 0.4) is 0 Å². The van der Waals surface area contributed by atoms with Crippen LogP contribution in [0.1, 0.15) is 15.9 Å². The van der Waals surface area contributed by atoms with Gasteiger partial charge in [0.05, 0.1) is 12.5 Å². The number of hydrogen-bond donors (Lipinski definition) is 0. The first-order valence-electron chi connectivity index (χ1n) is 6.46. The standard InChI is InChI=1S/C15H11BrN4O2/c16-13-3-1-2-10(8-13)9-20-18-14(17-19-20)11-4-6-12(7-5-11)15(21)22/h1-8H,9H2,(H,21,22)/p-1. The largest absolute Gasteiger partial charge is 0.545 e. The number of halogens is 1. The lowest BCUT2D eigenvalue weighted by Crippen LogP contribution is -2.21. The third-order valence-corrected chi connectivity index (χ3v) is 3.54. The Morgan fingerprint density at radius 1 is 1.18 bits per heavy atom. The second-order valence-corrected chi connectivity index (χ2v) is 5.55. The Morgan fingerprint density at radius 3 is 2.64 bits per heavy atom. The topological polar surface area (TPSA) is 83.7 Å². The van der Waals surface area contributed by atoms with E-state index in [2.05, 4.69) is 31.3 Å². The molecule has 0 saturated carbocycles. The Balaban J connectivity index is 1.80. The zero-order valence-electron chi connectivity index (χ0n) is 11.3. The third kappa shape index (κ3) is 3.20. The highest BCUT2D eigenvalue weighted by Crippen LogP contribution is 2.15. The molecule has 0 N–H and O–H groups in total. The molecule has 0 spiro atoms. The number of aromatic nitrogens is 4. The van der Waals surface area contributed by atoms with E-state index < -0.39 is 5.97 Å². The van der Waals surface area contributed by atoms with Crippen LogP contribution >= 0.6 is 15.9 Å². The third-order valence-electron chi connectivity index (χ3n) is 3.04. The second kappa shape index (κ2) is 6.07. The maximum Gasteiger partial charge on any atom is 0.204 e. The van der Waals surface area contributed by atoms with E-state index in [1.54, 1.807) is 12.1 Å². The lowest BCUT2D eigenvalue weighted by atomic mass is 10.1. The second-order valence-electron chi connectivity index (χ2n) is 4.64. The number of nitrogens with zero attached hydrogens (tertiary/aromatic N) is 4. The predicted octanol–water partition coefficient (Wildman–Crippen LogP) is 1.51. The van der Waals surface area contributed by atoms with E-state index in [0.29, 0.717) is 17.9 Å². The summed E-state index contributed by atoms with van der Waals surface area (Å²) in [5.41, 5.74) is 1.86. The van der Waals surface area contributed by atoms with E-state index in [1.165, 1.54) is 16.9 Å². The molecule has 2 aromatic carbocycles. The summed E-state index contributed by atoms with van der Waals surface area (Å²) >= 11 is 3.42. The van der Waals surface area contributed by atoms with Gasteiger partial charge in [-0.2, -0.15) is 4.80 Å². The highest BCUT2D eigenvalue weighted by atomic mass is 79.9. The molecule has 0 aliphatic heterocycles. The van der Waals surface area contributed by atoms with Crippen molar-refractivity contribution in [1.29, 1.82) is 0 Å². The summed E-state index contributed by atoms with van der Waals surface area (Å²) in [5.74, 6) is -0.766. The minimum atomic E-state index is -1.21. The van der Waals surface area contributed by atoms with Gasteiger partial charge in [0.15, 0.2) is 0 Å². The van der Waals surface area contributed by atoms with E-state index >= 15 is 0 Å². The molecule has 1 heterocycles. The summed E-state index contributed by atoms with van der Waals surface area (Å²) in [6.07, 6.45) is 0. The zero-order chi connectivity index (χ0) is 15.5. The highest BCUT2D eigenvalue weighted by Gasteiger charge is 2.07. The van der Waals surface area contributed by atoms with Gasteiger partial charge in [-0.15, -0.1) is 10.2 Å². The quantitative estimate of drug-likeness (QED) is 0.706. The SMILES string of the molecule is O=C([O-])c1ccc(-c2nnn(Cc3cccc(Br)c3)n2)cc1. The van der Waals surface area contributed by atoms with Crippen molar-refractivity contribution in [2.24, 2.45) is 0 Å². The first kappa shape index (κ1) is 14.4. The molecule has 3 aromatic rings. The van der Waals surface area contributed by atoms with Gasteiger partial charge in [-0.25, -0.2) is 0 Å². The fourth-order valence-electron chi connectivity index (χ4n) is 1.98. The fourth-order valence-corrected chi connectivity index (χ4v) is 2.43. The fraction of sp³-hybridized carbons (Fsp3) is 0.0667. The zero-order valence-corrected chi connectivity index (χ0v) is 12.9. The van der Waals surface area contributed by atoms with Gasteiger partial charge in [0.1, 0.15) is 0 Å². The first-order chi connectivity index (χ1) is 10.6. The van der Waals surface area contributed by atoms with Gasteiger partial charge in [0, 0.05) is 10.0 Å². The molecule has 6 nitrogen and oxygen atoms in total. The van der Waals surface area contributed by atoms with Crippen LogP contribution in [0.15, 0.2) is 53.0 Å². The molecular weight excluding hydrogens is 348 g/mol. The molecule has 0 bridgehead atoms. The summed E-state index contributed by atoms with van der Waals surface area (Å²) in [6, 6.07) is 14.0. The normalized spacial score (nSPS) is 10.6. The minimum absolute atomic E-state index is 0.116. The first-order valence-corrected chi connectivity index (χ1v) is 7.25. The molecular formula is C15H10BrN4O2-. The molecule has 0 radical (unpaired) electrons. The molecule has 0 amide bonds. The summed E-state index contributed by atoms with van der Waals surface area (Å²) in [7, 11) is 0. The van der Waals surface area contributed by atoms with E-state index in [9.17, 15) is 9.90 Å². The number of hydrogen-bond acceptors (Lipinski definition) is 5. The van der Waals surface area contributed by atoms with Crippen LogP contribution in [0.5, 0.6) is 0 Å². The Labute approximate surface area is 134 Å². The van der Waals surface area contributed by atoms with Gasteiger partial charge >= 0.3 is 0 Å². The monoisotopic (exact) mass is 357 g/mol. The average molecular weight is 358 g/mol.